The lowest BCUT2D eigenvalue weighted by Gasteiger charge is -2.26. The van der Waals surface area contributed by atoms with Crippen molar-refractivity contribution in [3.8, 4) is 11.4 Å². The molecule has 0 bridgehead atoms. The maximum Gasteiger partial charge on any atom is 0.229 e. The lowest BCUT2D eigenvalue weighted by Crippen LogP contribution is -2.35. The smallest absolute Gasteiger partial charge is 0.229 e. The summed E-state index contributed by atoms with van der Waals surface area (Å²) in [5, 5.41) is 14.0. The molecule has 1 N–H and O–H groups in total. The van der Waals surface area contributed by atoms with Gasteiger partial charge in [-0.25, -0.2) is 0 Å². The summed E-state index contributed by atoms with van der Waals surface area (Å²) in [5.41, 5.74) is 2.16. The Bertz CT molecular complexity index is 650. The number of aromatic nitrogens is 2. The maximum absolute atomic E-state index is 9.94. The van der Waals surface area contributed by atoms with Crippen LogP contribution in [-0.2, 0) is 17.7 Å². The van der Waals surface area contributed by atoms with Crippen molar-refractivity contribution < 1.29 is 14.4 Å². The van der Waals surface area contributed by atoms with Gasteiger partial charge in [0, 0.05) is 25.2 Å². The summed E-state index contributed by atoms with van der Waals surface area (Å²) < 4.78 is 10.7. The van der Waals surface area contributed by atoms with Crippen LogP contribution in [0.3, 0.4) is 0 Å². The fraction of sp³-hybridized carbons (Fsp3) is 0.556. The Morgan fingerprint density at radius 3 is 2.79 bits per heavy atom. The van der Waals surface area contributed by atoms with E-state index in [2.05, 4.69) is 27.2 Å². The molecule has 2 heterocycles. The van der Waals surface area contributed by atoms with Gasteiger partial charge in [0.1, 0.15) is 0 Å². The van der Waals surface area contributed by atoms with Gasteiger partial charge in [0.05, 0.1) is 25.7 Å². The first-order chi connectivity index (χ1) is 11.6. The molecular weight excluding hydrogens is 306 g/mol. The van der Waals surface area contributed by atoms with Crippen molar-refractivity contribution in [2.24, 2.45) is 5.92 Å². The van der Waals surface area contributed by atoms with Crippen molar-refractivity contribution in [3.05, 3.63) is 35.7 Å². The van der Waals surface area contributed by atoms with E-state index in [-0.39, 0.29) is 5.92 Å². The summed E-state index contributed by atoms with van der Waals surface area (Å²) in [7, 11) is 0. The molecule has 1 aliphatic heterocycles. The van der Waals surface area contributed by atoms with Crippen molar-refractivity contribution in [2.45, 2.75) is 32.9 Å². The lowest BCUT2D eigenvalue weighted by atomic mass is 10.0. The quantitative estimate of drug-likeness (QED) is 0.874. The number of hydrogen-bond acceptors (Lipinski definition) is 6. The molecule has 0 saturated carbocycles. The zero-order valence-corrected chi connectivity index (χ0v) is 14.3. The molecule has 0 amide bonds. The minimum atomic E-state index is -0.467. The van der Waals surface area contributed by atoms with Gasteiger partial charge in [-0.1, -0.05) is 37.2 Å². The average molecular weight is 331 g/mol. The van der Waals surface area contributed by atoms with Crippen LogP contribution in [0.1, 0.15) is 25.3 Å². The second-order valence-electron chi connectivity index (χ2n) is 6.62. The normalized spacial score (nSPS) is 17.3. The van der Waals surface area contributed by atoms with Crippen LogP contribution in [0.5, 0.6) is 0 Å². The number of aliphatic hydroxyl groups is 1. The van der Waals surface area contributed by atoms with Crippen molar-refractivity contribution in [1.29, 1.82) is 0 Å². The van der Waals surface area contributed by atoms with Crippen molar-refractivity contribution in [1.82, 2.24) is 15.0 Å². The Kier molecular flexibility index (Phi) is 5.60. The van der Waals surface area contributed by atoms with Gasteiger partial charge in [-0.3, -0.25) is 4.90 Å². The molecule has 0 spiro atoms. The lowest BCUT2D eigenvalue weighted by molar-refractivity contribution is 0.0342. The van der Waals surface area contributed by atoms with Gasteiger partial charge in [-0.15, -0.1) is 0 Å². The predicted molar refractivity (Wildman–Crippen MR) is 90.4 cm³/mol. The number of aliphatic hydroxyl groups excluding tert-OH is 1. The molecule has 2 aromatic rings. The van der Waals surface area contributed by atoms with Crippen LogP contribution in [-0.4, -0.2) is 52.6 Å². The van der Waals surface area contributed by atoms with Crippen LogP contribution < -0.4 is 0 Å². The molecule has 24 heavy (non-hydrogen) atoms. The van der Waals surface area contributed by atoms with E-state index in [4.69, 9.17) is 9.26 Å². The molecule has 1 saturated heterocycles. The molecule has 0 unspecified atom stereocenters. The van der Waals surface area contributed by atoms with Gasteiger partial charge in [0.2, 0.25) is 11.7 Å². The molecule has 6 heteroatoms. The van der Waals surface area contributed by atoms with E-state index in [0.717, 1.165) is 38.4 Å². The minimum Gasteiger partial charge on any atom is -0.392 e. The Morgan fingerprint density at radius 1 is 1.25 bits per heavy atom. The topological polar surface area (TPSA) is 71.6 Å². The Morgan fingerprint density at radius 2 is 2.04 bits per heavy atom. The predicted octanol–water partition coefficient (Wildman–Crippen LogP) is 2.13. The zero-order chi connectivity index (χ0) is 16.9. The first kappa shape index (κ1) is 17.1. The van der Waals surface area contributed by atoms with Crippen molar-refractivity contribution in [3.63, 3.8) is 0 Å². The van der Waals surface area contributed by atoms with Crippen molar-refractivity contribution in [2.75, 3.05) is 26.3 Å². The maximum atomic E-state index is 9.94. The number of hydrogen-bond donors (Lipinski definition) is 1. The fourth-order valence-electron chi connectivity index (χ4n) is 2.70. The Balaban J connectivity index is 1.68. The number of benzene rings is 1. The van der Waals surface area contributed by atoms with Gasteiger partial charge in [-0.2, -0.15) is 4.98 Å². The minimum absolute atomic E-state index is 0.164. The Hall–Kier alpha value is -1.76. The van der Waals surface area contributed by atoms with E-state index in [9.17, 15) is 5.11 Å². The summed E-state index contributed by atoms with van der Waals surface area (Å²) >= 11 is 0. The number of morpholine rings is 1. The van der Waals surface area contributed by atoms with Crippen molar-refractivity contribution >= 4 is 0 Å². The zero-order valence-electron chi connectivity index (χ0n) is 14.3. The molecule has 1 atom stereocenters. The Labute approximate surface area is 142 Å². The highest BCUT2D eigenvalue weighted by atomic mass is 16.5. The summed E-state index contributed by atoms with van der Waals surface area (Å²) in [6.07, 6.45) is -0.0797. The number of ether oxygens (including phenoxy) is 1. The third-order valence-corrected chi connectivity index (χ3v) is 4.32. The van der Waals surface area contributed by atoms with E-state index in [1.165, 1.54) is 5.56 Å². The summed E-state index contributed by atoms with van der Waals surface area (Å²) in [5.74, 6) is 1.21. The SMILES string of the molecule is CC(C)[C@@H](O)Cc1nc(-c2cccc(CN3CCOCC3)c2)no1. The van der Waals surface area contributed by atoms with E-state index in [1.54, 1.807) is 0 Å². The molecule has 0 aliphatic carbocycles. The molecule has 6 nitrogen and oxygen atoms in total. The molecule has 3 rings (SSSR count). The van der Waals surface area contributed by atoms with Gasteiger partial charge < -0.3 is 14.4 Å². The van der Waals surface area contributed by atoms with Crippen LogP contribution in [0.4, 0.5) is 0 Å². The van der Waals surface area contributed by atoms with E-state index in [1.807, 2.05) is 26.0 Å². The third-order valence-electron chi connectivity index (χ3n) is 4.32. The first-order valence-corrected chi connectivity index (χ1v) is 8.52. The van der Waals surface area contributed by atoms with E-state index >= 15 is 0 Å². The van der Waals surface area contributed by atoms with Crippen LogP contribution in [0.2, 0.25) is 0 Å². The van der Waals surface area contributed by atoms with Crippen LogP contribution in [0.25, 0.3) is 11.4 Å². The number of nitrogens with zero attached hydrogens (tertiary/aromatic N) is 3. The average Bonchev–Trinajstić information content (AvgIpc) is 3.04. The van der Waals surface area contributed by atoms with Crippen LogP contribution in [0, 0.1) is 5.92 Å². The van der Waals surface area contributed by atoms with E-state index in [0.29, 0.717) is 18.1 Å². The third kappa shape index (κ3) is 4.41. The standard InChI is InChI=1S/C18H25N3O3/c1-13(2)16(22)11-17-19-18(20-24-17)15-5-3-4-14(10-15)12-21-6-8-23-9-7-21/h3-5,10,13,16,22H,6-9,11-12H2,1-2H3/t16-/m0/s1. The van der Waals surface area contributed by atoms with E-state index < -0.39 is 6.10 Å². The highest BCUT2D eigenvalue weighted by Crippen LogP contribution is 2.19. The molecule has 1 aromatic heterocycles. The highest BCUT2D eigenvalue weighted by molar-refractivity contribution is 5.55. The molecule has 130 valence electrons. The van der Waals surface area contributed by atoms with Gasteiger partial charge in [0.15, 0.2) is 0 Å². The molecular formula is C18H25N3O3. The first-order valence-electron chi connectivity index (χ1n) is 8.52. The molecule has 1 aliphatic rings. The second-order valence-corrected chi connectivity index (χ2v) is 6.62. The summed E-state index contributed by atoms with van der Waals surface area (Å²) in [6, 6.07) is 8.21. The van der Waals surface area contributed by atoms with Gasteiger partial charge >= 0.3 is 0 Å². The summed E-state index contributed by atoms with van der Waals surface area (Å²) in [4.78, 5) is 6.80. The highest BCUT2D eigenvalue weighted by Gasteiger charge is 2.16. The van der Waals surface area contributed by atoms with Gasteiger partial charge in [0.25, 0.3) is 0 Å². The number of rotatable bonds is 6. The van der Waals surface area contributed by atoms with Gasteiger partial charge in [-0.05, 0) is 17.5 Å². The largest absolute Gasteiger partial charge is 0.392 e. The summed E-state index contributed by atoms with van der Waals surface area (Å²) in [6.45, 7) is 8.35. The molecule has 0 radical (unpaired) electrons. The molecule has 1 aromatic carbocycles. The second kappa shape index (κ2) is 7.88. The van der Waals surface area contributed by atoms with Crippen LogP contribution in [0.15, 0.2) is 28.8 Å². The fourth-order valence-corrected chi connectivity index (χ4v) is 2.70. The monoisotopic (exact) mass is 331 g/mol. The van der Waals surface area contributed by atoms with Crippen LogP contribution >= 0.6 is 0 Å². The molecule has 1 fully saturated rings.